The lowest BCUT2D eigenvalue weighted by Crippen LogP contribution is -2.41. The van der Waals surface area contributed by atoms with Crippen molar-refractivity contribution in [3.63, 3.8) is 0 Å². The Morgan fingerprint density at radius 1 is 1.37 bits per heavy atom. The molecule has 0 radical (unpaired) electrons. The van der Waals surface area contributed by atoms with Gasteiger partial charge in [0.25, 0.3) is 5.91 Å². The molecule has 140 valence electrons. The number of nitro groups is 1. The van der Waals surface area contributed by atoms with E-state index in [-0.39, 0.29) is 18.1 Å². The number of benzene rings is 2. The Morgan fingerprint density at radius 3 is 2.85 bits per heavy atom. The zero-order chi connectivity index (χ0) is 19.6. The lowest BCUT2D eigenvalue weighted by atomic mass is 10.1. The van der Waals surface area contributed by atoms with Gasteiger partial charge in [-0.05, 0) is 25.1 Å². The molecular formula is C18H16FN3O5. The molecule has 27 heavy (non-hydrogen) atoms. The van der Waals surface area contributed by atoms with Crippen molar-refractivity contribution < 1.29 is 23.6 Å². The van der Waals surface area contributed by atoms with Gasteiger partial charge in [0.2, 0.25) is 11.7 Å². The van der Waals surface area contributed by atoms with E-state index in [1.165, 1.54) is 4.90 Å². The topological polar surface area (TPSA) is 102 Å². The molecule has 1 unspecified atom stereocenters. The summed E-state index contributed by atoms with van der Waals surface area (Å²) in [5.74, 6) is -1.79. The second kappa shape index (κ2) is 7.40. The average molecular weight is 373 g/mol. The van der Waals surface area contributed by atoms with Crippen molar-refractivity contribution in [3.05, 3.63) is 58.4 Å². The van der Waals surface area contributed by atoms with Gasteiger partial charge in [0.15, 0.2) is 6.61 Å². The van der Waals surface area contributed by atoms with Crippen LogP contribution >= 0.6 is 0 Å². The molecule has 0 fully saturated rings. The van der Waals surface area contributed by atoms with Crippen LogP contribution in [0.1, 0.15) is 13.3 Å². The van der Waals surface area contributed by atoms with Crippen molar-refractivity contribution >= 4 is 28.9 Å². The Balaban J connectivity index is 1.85. The van der Waals surface area contributed by atoms with Crippen LogP contribution in [0.15, 0.2) is 42.5 Å². The molecule has 2 aromatic carbocycles. The minimum absolute atomic E-state index is 0.0839. The van der Waals surface area contributed by atoms with E-state index < -0.39 is 35.0 Å². The van der Waals surface area contributed by atoms with E-state index in [0.717, 1.165) is 18.2 Å². The number of hydrogen-bond donors (Lipinski definition) is 1. The summed E-state index contributed by atoms with van der Waals surface area (Å²) in [6.07, 6.45) is 0.0839. The van der Waals surface area contributed by atoms with E-state index in [1.54, 1.807) is 31.2 Å². The van der Waals surface area contributed by atoms with Crippen LogP contribution in [0.25, 0.3) is 0 Å². The second-order valence-corrected chi connectivity index (χ2v) is 6.04. The Kier molecular flexibility index (Phi) is 5.02. The molecule has 8 nitrogen and oxygen atoms in total. The van der Waals surface area contributed by atoms with Crippen molar-refractivity contribution in [2.45, 2.75) is 19.4 Å². The first-order chi connectivity index (χ1) is 12.9. The Morgan fingerprint density at radius 2 is 2.11 bits per heavy atom. The maximum Gasteiger partial charge on any atom is 0.311 e. The fourth-order valence-electron chi connectivity index (χ4n) is 2.93. The quantitative estimate of drug-likeness (QED) is 0.656. The van der Waals surface area contributed by atoms with Crippen LogP contribution in [-0.2, 0) is 9.59 Å². The molecule has 9 heteroatoms. The smallest absolute Gasteiger partial charge is 0.311 e. The van der Waals surface area contributed by atoms with E-state index in [9.17, 15) is 24.1 Å². The molecular weight excluding hydrogens is 357 g/mol. The molecule has 1 aliphatic heterocycles. The first-order valence-electron chi connectivity index (χ1n) is 8.14. The van der Waals surface area contributed by atoms with Crippen LogP contribution in [0.5, 0.6) is 5.75 Å². The maximum absolute atomic E-state index is 13.4. The summed E-state index contributed by atoms with van der Waals surface area (Å²) in [6, 6.07) is 9.12. The van der Waals surface area contributed by atoms with Gasteiger partial charge in [-0.2, -0.15) is 0 Å². The lowest BCUT2D eigenvalue weighted by Gasteiger charge is -2.27. The molecule has 2 amide bonds. The molecule has 1 N–H and O–H groups in total. The van der Waals surface area contributed by atoms with Gasteiger partial charge in [0.1, 0.15) is 5.82 Å². The number of nitrogens with zero attached hydrogens (tertiary/aromatic N) is 2. The SMILES string of the molecule is CC1CC(=O)Nc2ccccc2N1C(=O)COc1cc(F)ccc1[N+](=O)[O-]. The van der Waals surface area contributed by atoms with E-state index in [2.05, 4.69) is 5.32 Å². The van der Waals surface area contributed by atoms with Gasteiger partial charge in [-0.1, -0.05) is 12.1 Å². The standard InChI is InChI=1S/C18H16FN3O5/c1-11-8-17(23)20-13-4-2-3-5-14(13)21(11)18(24)10-27-16-9-12(19)6-7-15(16)22(25)26/h2-7,9,11H,8,10H2,1H3,(H,20,23). The average Bonchev–Trinajstić information content (AvgIpc) is 2.73. The molecule has 0 aliphatic carbocycles. The number of carbonyl (C=O) groups excluding carboxylic acids is 2. The summed E-state index contributed by atoms with van der Waals surface area (Å²) < 4.78 is 18.6. The molecule has 0 saturated heterocycles. The number of ether oxygens (including phenoxy) is 1. The van der Waals surface area contributed by atoms with Gasteiger partial charge >= 0.3 is 5.69 Å². The predicted molar refractivity (Wildman–Crippen MR) is 95.2 cm³/mol. The second-order valence-electron chi connectivity index (χ2n) is 6.04. The number of nitro benzene ring substituents is 1. The number of fused-ring (bicyclic) bond motifs is 1. The molecule has 0 saturated carbocycles. The molecule has 0 spiro atoms. The number of nitrogens with one attached hydrogen (secondary N) is 1. The minimum Gasteiger partial charge on any atom is -0.477 e. The Bertz CT molecular complexity index is 918. The minimum atomic E-state index is -0.717. The number of halogens is 1. The number of para-hydroxylation sites is 2. The van der Waals surface area contributed by atoms with Crippen molar-refractivity contribution in [2.75, 3.05) is 16.8 Å². The highest BCUT2D eigenvalue weighted by atomic mass is 19.1. The van der Waals surface area contributed by atoms with Crippen LogP contribution < -0.4 is 15.0 Å². The third kappa shape index (κ3) is 3.86. The van der Waals surface area contributed by atoms with Crippen LogP contribution in [0, 0.1) is 15.9 Å². The predicted octanol–water partition coefficient (Wildman–Crippen LogP) is 2.88. The van der Waals surface area contributed by atoms with Crippen molar-refractivity contribution in [2.24, 2.45) is 0 Å². The van der Waals surface area contributed by atoms with Gasteiger partial charge in [-0.15, -0.1) is 0 Å². The van der Waals surface area contributed by atoms with Crippen molar-refractivity contribution in [1.29, 1.82) is 0 Å². The lowest BCUT2D eigenvalue weighted by molar-refractivity contribution is -0.385. The van der Waals surface area contributed by atoms with Crippen LogP contribution in [0.3, 0.4) is 0 Å². The summed E-state index contributed by atoms with van der Waals surface area (Å²) >= 11 is 0. The van der Waals surface area contributed by atoms with E-state index in [0.29, 0.717) is 11.4 Å². The van der Waals surface area contributed by atoms with Gasteiger partial charge in [0, 0.05) is 24.6 Å². The van der Waals surface area contributed by atoms with Crippen molar-refractivity contribution in [1.82, 2.24) is 0 Å². The first kappa shape index (κ1) is 18.3. The summed E-state index contributed by atoms with van der Waals surface area (Å²) in [5.41, 5.74) is 0.542. The summed E-state index contributed by atoms with van der Waals surface area (Å²) in [7, 11) is 0. The van der Waals surface area contributed by atoms with Gasteiger partial charge in [0.05, 0.1) is 16.3 Å². The van der Waals surface area contributed by atoms with Gasteiger partial charge in [-0.3, -0.25) is 19.7 Å². The molecule has 2 aromatic rings. The van der Waals surface area contributed by atoms with E-state index in [1.807, 2.05) is 0 Å². The highest BCUT2D eigenvalue weighted by molar-refractivity contribution is 6.04. The monoisotopic (exact) mass is 373 g/mol. The summed E-state index contributed by atoms with van der Waals surface area (Å²) in [5, 5.41) is 13.8. The fourth-order valence-corrected chi connectivity index (χ4v) is 2.93. The normalized spacial score (nSPS) is 16.1. The molecule has 0 aromatic heterocycles. The number of carbonyl (C=O) groups is 2. The zero-order valence-electron chi connectivity index (χ0n) is 14.3. The largest absolute Gasteiger partial charge is 0.477 e. The zero-order valence-corrected chi connectivity index (χ0v) is 14.3. The Hall–Kier alpha value is -3.49. The maximum atomic E-state index is 13.4. The molecule has 0 bridgehead atoms. The van der Waals surface area contributed by atoms with E-state index >= 15 is 0 Å². The number of hydrogen-bond acceptors (Lipinski definition) is 5. The summed E-state index contributed by atoms with van der Waals surface area (Å²) in [4.78, 5) is 36.5. The van der Waals surface area contributed by atoms with Crippen LogP contribution in [-0.4, -0.2) is 29.4 Å². The molecule has 1 aliphatic rings. The first-order valence-corrected chi connectivity index (χ1v) is 8.14. The van der Waals surface area contributed by atoms with Crippen LogP contribution in [0.2, 0.25) is 0 Å². The fraction of sp³-hybridized carbons (Fsp3) is 0.222. The molecule has 3 rings (SSSR count). The molecule has 1 heterocycles. The molecule has 1 atom stereocenters. The number of rotatable bonds is 4. The van der Waals surface area contributed by atoms with Crippen LogP contribution in [0.4, 0.5) is 21.5 Å². The third-order valence-corrected chi connectivity index (χ3v) is 4.10. The highest BCUT2D eigenvalue weighted by Gasteiger charge is 2.30. The van der Waals surface area contributed by atoms with E-state index in [4.69, 9.17) is 4.74 Å². The van der Waals surface area contributed by atoms with Gasteiger partial charge in [-0.25, -0.2) is 4.39 Å². The number of amides is 2. The third-order valence-electron chi connectivity index (χ3n) is 4.10. The summed E-state index contributed by atoms with van der Waals surface area (Å²) in [6.45, 7) is 1.17. The van der Waals surface area contributed by atoms with Gasteiger partial charge < -0.3 is 15.0 Å². The Labute approximate surface area is 153 Å². The highest BCUT2D eigenvalue weighted by Crippen LogP contribution is 2.32. The van der Waals surface area contributed by atoms with Crippen molar-refractivity contribution in [3.8, 4) is 5.75 Å². The number of anilines is 2.